The summed E-state index contributed by atoms with van der Waals surface area (Å²) in [5.41, 5.74) is 1.43. The second-order valence-electron chi connectivity index (χ2n) is 8.87. The van der Waals surface area contributed by atoms with Crippen LogP contribution in [0.25, 0.3) is 6.08 Å². The zero-order chi connectivity index (χ0) is 24.0. The third-order valence-corrected chi connectivity index (χ3v) is 8.73. The maximum atomic E-state index is 13.2. The normalized spacial score (nSPS) is 18.8. The number of sulfonamides is 1. The molecule has 0 atom stereocenters. The third-order valence-electron chi connectivity index (χ3n) is 6.50. The fraction of sp³-hybridized carbons (Fsp3) is 0.423. The van der Waals surface area contributed by atoms with Crippen molar-refractivity contribution in [2.45, 2.75) is 30.6 Å². The van der Waals surface area contributed by atoms with Crippen LogP contribution in [-0.4, -0.2) is 74.2 Å². The molecule has 6 nitrogen and oxygen atoms in total. The van der Waals surface area contributed by atoms with Gasteiger partial charge in [0.15, 0.2) is 0 Å². The van der Waals surface area contributed by atoms with Crippen molar-refractivity contribution >= 4 is 33.6 Å². The number of hydrogen-bond donors (Lipinski definition) is 0. The second-order valence-corrected chi connectivity index (χ2v) is 11.2. The number of hydrogen-bond acceptors (Lipinski definition) is 4. The minimum Gasteiger partial charge on any atom is -0.336 e. The molecule has 1 amide bonds. The Morgan fingerprint density at radius 3 is 2.24 bits per heavy atom. The van der Waals surface area contributed by atoms with E-state index in [9.17, 15) is 13.2 Å². The van der Waals surface area contributed by atoms with Crippen molar-refractivity contribution in [3.63, 3.8) is 0 Å². The monoisotopic (exact) mass is 501 g/mol. The topological polar surface area (TPSA) is 60.9 Å². The Bertz CT molecular complexity index is 1110. The number of amides is 1. The van der Waals surface area contributed by atoms with E-state index in [1.807, 2.05) is 18.2 Å². The molecule has 2 aliphatic heterocycles. The summed E-state index contributed by atoms with van der Waals surface area (Å²) >= 11 is 6.35. The van der Waals surface area contributed by atoms with Crippen molar-refractivity contribution < 1.29 is 13.2 Å². The number of carbonyl (C=O) groups is 1. The van der Waals surface area contributed by atoms with E-state index in [-0.39, 0.29) is 21.4 Å². The number of carbonyl (C=O) groups excluding carboxylic acids is 1. The molecule has 0 saturated carbocycles. The fourth-order valence-corrected chi connectivity index (χ4v) is 6.21. The van der Waals surface area contributed by atoms with E-state index < -0.39 is 10.0 Å². The number of rotatable bonds is 6. The first-order chi connectivity index (χ1) is 16.4. The van der Waals surface area contributed by atoms with Gasteiger partial charge in [-0.05, 0) is 36.6 Å². The lowest BCUT2D eigenvalue weighted by molar-refractivity contribution is 0.0650. The van der Waals surface area contributed by atoms with Gasteiger partial charge in [0.2, 0.25) is 10.0 Å². The lowest BCUT2D eigenvalue weighted by atomic mass is 10.1. The Morgan fingerprint density at radius 1 is 0.882 bits per heavy atom. The van der Waals surface area contributed by atoms with Crippen LogP contribution in [0, 0.1) is 0 Å². The van der Waals surface area contributed by atoms with Gasteiger partial charge < -0.3 is 4.90 Å². The highest BCUT2D eigenvalue weighted by atomic mass is 35.5. The molecule has 0 aliphatic carbocycles. The van der Waals surface area contributed by atoms with Gasteiger partial charge in [0, 0.05) is 45.8 Å². The Morgan fingerprint density at radius 2 is 1.56 bits per heavy atom. The first kappa shape index (κ1) is 24.9. The Labute approximate surface area is 207 Å². The van der Waals surface area contributed by atoms with Gasteiger partial charge in [-0.15, -0.1) is 0 Å². The molecule has 34 heavy (non-hydrogen) atoms. The molecule has 182 valence electrons. The molecule has 0 unspecified atom stereocenters. The van der Waals surface area contributed by atoms with Gasteiger partial charge >= 0.3 is 0 Å². The Balaban J connectivity index is 1.39. The highest BCUT2D eigenvalue weighted by Gasteiger charge is 2.28. The van der Waals surface area contributed by atoms with Crippen LogP contribution < -0.4 is 0 Å². The maximum Gasteiger partial charge on any atom is 0.255 e. The number of halogens is 1. The Hall–Kier alpha value is -2.19. The summed E-state index contributed by atoms with van der Waals surface area (Å²) in [5.74, 6) is -0.211. The number of benzene rings is 2. The molecular weight excluding hydrogens is 470 g/mol. The number of piperazine rings is 1. The summed E-state index contributed by atoms with van der Waals surface area (Å²) in [4.78, 5) is 17.4. The summed E-state index contributed by atoms with van der Waals surface area (Å²) in [6, 6.07) is 14.7. The van der Waals surface area contributed by atoms with E-state index in [2.05, 4.69) is 29.2 Å². The highest BCUT2D eigenvalue weighted by molar-refractivity contribution is 7.89. The standard InChI is InChI=1S/C26H32ClN3O3S/c27-25-13-12-23(34(32,33)30-15-6-1-2-7-16-30)21-24(25)26(31)29-19-17-28(18-20-29)14-8-11-22-9-4-3-5-10-22/h3-5,8-13,21H,1-2,6-7,14-20H2/b11-8+. The first-order valence-corrected chi connectivity index (χ1v) is 13.8. The molecule has 2 aliphatic rings. The van der Waals surface area contributed by atoms with Crippen LogP contribution in [0.2, 0.25) is 5.02 Å². The molecule has 4 rings (SSSR count). The predicted molar refractivity (Wildman–Crippen MR) is 136 cm³/mol. The van der Waals surface area contributed by atoms with Crippen LogP contribution in [0.15, 0.2) is 59.5 Å². The second kappa shape index (κ2) is 11.5. The number of nitrogens with zero attached hydrogens (tertiary/aromatic N) is 3. The van der Waals surface area contributed by atoms with Gasteiger partial charge in [-0.3, -0.25) is 9.69 Å². The van der Waals surface area contributed by atoms with Gasteiger partial charge in [-0.1, -0.05) is 66.9 Å². The van der Waals surface area contributed by atoms with E-state index in [1.54, 1.807) is 9.21 Å². The summed E-state index contributed by atoms with van der Waals surface area (Å²) in [6.07, 6.45) is 8.07. The lowest BCUT2D eigenvalue weighted by Crippen LogP contribution is -2.48. The molecule has 0 bridgehead atoms. The molecule has 0 N–H and O–H groups in total. The van der Waals surface area contributed by atoms with E-state index in [0.29, 0.717) is 26.2 Å². The zero-order valence-electron chi connectivity index (χ0n) is 19.4. The quantitative estimate of drug-likeness (QED) is 0.589. The van der Waals surface area contributed by atoms with Gasteiger partial charge in [-0.25, -0.2) is 8.42 Å². The van der Waals surface area contributed by atoms with Crippen LogP contribution >= 0.6 is 11.6 Å². The minimum absolute atomic E-state index is 0.145. The molecule has 8 heteroatoms. The van der Waals surface area contributed by atoms with Crippen LogP contribution in [0.4, 0.5) is 0 Å². The average molecular weight is 502 g/mol. The average Bonchev–Trinajstić information content (AvgIpc) is 3.15. The SMILES string of the molecule is O=C(c1cc(S(=O)(=O)N2CCCCCC2)ccc1Cl)N1CCN(C/C=C/c2ccccc2)CC1. The molecule has 0 radical (unpaired) electrons. The molecule has 2 aromatic rings. The molecule has 0 spiro atoms. The summed E-state index contributed by atoms with van der Waals surface area (Å²) in [5, 5.41) is 0.285. The third kappa shape index (κ3) is 6.08. The minimum atomic E-state index is -3.64. The van der Waals surface area contributed by atoms with E-state index in [4.69, 9.17) is 11.6 Å². The van der Waals surface area contributed by atoms with E-state index in [0.717, 1.165) is 45.3 Å². The van der Waals surface area contributed by atoms with Gasteiger partial charge in [-0.2, -0.15) is 4.31 Å². The smallest absolute Gasteiger partial charge is 0.255 e. The summed E-state index contributed by atoms with van der Waals surface area (Å²) < 4.78 is 27.9. The predicted octanol–water partition coefficient (Wildman–Crippen LogP) is 4.38. The molecular formula is C26H32ClN3O3S. The molecule has 2 aromatic carbocycles. The van der Waals surface area contributed by atoms with E-state index in [1.165, 1.54) is 23.8 Å². The van der Waals surface area contributed by atoms with Gasteiger partial charge in [0.1, 0.15) is 0 Å². The van der Waals surface area contributed by atoms with Crippen molar-refractivity contribution in [3.05, 3.63) is 70.8 Å². The maximum absolute atomic E-state index is 13.2. The van der Waals surface area contributed by atoms with E-state index >= 15 is 0 Å². The van der Waals surface area contributed by atoms with Crippen LogP contribution in [0.3, 0.4) is 0 Å². The van der Waals surface area contributed by atoms with Crippen LogP contribution in [0.1, 0.15) is 41.6 Å². The van der Waals surface area contributed by atoms with Gasteiger partial charge in [0.25, 0.3) is 5.91 Å². The lowest BCUT2D eigenvalue weighted by Gasteiger charge is -2.34. The van der Waals surface area contributed by atoms with Crippen LogP contribution in [-0.2, 0) is 10.0 Å². The van der Waals surface area contributed by atoms with Crippen LogP contribution in [0.5, 0.6) is 0 Å². The zero-order valence-corrected chi connectivity index (χ0v) is 21.0. The first-order valence-electron chi connectivity index (χ1n) is 12.0. The fourth-order valence-electron chi connectivity index (χ4n) is 4.47. The summed E-state index contributed by atoms with van der Waals surface area (Å²) in [6.45, 7) is 4.54. The molecule has 2 fully saturated rings. The highest BCUT2D eigenvalue weighted by Crippen LogP contribution is 2.26. The Kier molecular flexibility index (Phi) is 8.42. The van der Waals surface area contributed by atoms with Crippen molar-refractivity contribution in [1.82, 2.24) is 14.1 Å². The van der Waals surface area contributed by atoms with Crippen molar-refractivity contribution in [2.24, 2.45) is 0 Å². The summed E-state index contributed by atoms with van der Waals surface area (Å²) in [7, 11) is -3.64. The van der Waals surface area contributed by atoms with Gasteiger partial charge in [0.05, 0.1) is 15.5 Å². The van der Waals surface area contributed by atoms with Crippen molar-refractivity contribution in [2.75, 3.05) is 45.8 Å². The molecule has 2 saturated heterocycles. The van der Waals surface area contributed by atoms with Crippen molar-refractivity contribution in [3.8, 4) is 0 Å². The molecule has 2 heterocycles. The van der Waals surface area contributed by atoms with Crippen molar-refractivity contribution in [1.29, 1.82) is 0 Å². The largest absolute Gasteiger partial charge is 0.336 e. The molecule has 0 aromatic heterocycles.